The van der Waals surface area contributed by atoms with E-state index in [4.69, 9.17) is 15.2 Å². The Morgan fingerprint density at radius 2 is 2.05 bits per heavy atom. The van der Waals surface area contributed by atoms with Gasteiger partial charge in [0, 0.05) is 12.1 Å². The minimum Gasteiger partial charge on any atom is -0.493 e. The number of carbonyl (C=O) groups is 2. The van der Waals surface area contributed by atoms with E-state index in [1.165, 1.54) is 7.11 Å². The maximum absolute atomic E-state index is 11.9. The van der Waals surface area contributed by atoms with Gasteiger partial charge >= 0.3 is 0 Å². The summed E-state index contributed by atoms with van der Waals surface area (Å²) in [7, 11) is 1.46. The van der Waals surface area contributed by atoms with Crippen LogP contribution in [0.2, 0.25) is 0 Å². The van der Waals surface area contributed by atoms with Gasteiger partial charge in [0.05, 0.1) is 7.11 Å². The quantitative estimate of drug-likeness (QED) is 0.697. The molecular formula is C14H20N2O4. The third kappa shape index (κ3) is 4.79. The second-order valence-corrected chi connectivity index (χ2v) is 4.23. The van der Waals surface area contributed by atoms with Gasteiger partial charge in [0.2, 0.25) is 0 Å². The summed E-state index contributed by atoms with van der Waals surface area (Å²) in [5, 5.41) is 2.81. The first-order valence-corrected chi connectivity index (χ1v) is 6.45. The number of hydrogen-bond acceptors (Lipinski definition) is 4. The van der Waals surface area contributed by atoms with Crippen molar-refractivity contribution < 1.29 is 19.1 Å². The number of unbranched alkanes of at least 4 members (excludes halogenated alkanes) is 1. The first-order valence-electron chi connectivity index (χ1n) is 6.45. The molecule has 1 rings (SSSR count). The van der Waals surface area contributed by atoms with Crippen molar-refractivity contribution in [3.63, 3.8) is 0 Å². The minimum atomic E-state index is -0.576. The van der Waals surface area contributed by atoms with Gasteiger partial charge in [-0.3, -0.25) is 9.59 Å². The molecule has 0 bridgehead atoms. The van der Waals surface area contributed by atoms with Crippen molar-refractivity contribution in [3.05, 3.63) is 23.8 Å². The second kappa shape index (κ2) is 8.04. The van der Waals surface area contributed by atoms with E-state index in [2.05, 4.69) is 12.2 Å². The molecule has 0 unspecified atom stereocenters. The maximum atomic E-state index is 11.9. The average Bonchev–Trinajstić information content (AvgIpc) is 2.44. The van der Waals surface area contributed by atoms with Crippen LogP contribution >= 0.6 is 0 Å². The van der Waals surface area contributed by atoms with E-state index in [1.54, 1.807) is 18.2 Å². The lowest BCUT2D eigenvalue weighted by molar-refractivity contribution is -0.119. The summed E-state index contributed by atoms with van der Waals surface area (Å²) >= 11 is 0. The molecular weight excluding hydrogens is 260 g/mol. The Hall–Kier alpha value is -2.24. The number of ether oxygens (including phenoxy) is 2. The Morgan fingerprint density at radius 3 is 2.65 bits per heavy atom. The zero-order valence-corrected chi connectivity index (χ0v) is 11.8. The van der Waals surface area contributed by atoms with Crippen molar-refractivity contribution in [2.45, 2.75) is 19.8 Å². The molecule has 0 spiro atoms. The van der Waals surface area contributed by atoms with Gasteiger partial charge in [0.15, 0.2) is 18.1 Å². The van der Waals surface area contributed by atoms with E-state index in [9.17, 15) is 9.59 Å². The van der Waals surface area contributed by atoms with Gasteiger partial charge in [-0.15, -0.1) is 0 Å². The molecule has 1 aromatic carbocycles. The topological polar surface area (TPSA) is 90.6 Å². The Balaban J connectivity index is 2.75. The summed E-state index contributed by atoms with van der Waals surface area (Å²) < 4.78 is 10.3. The predicted molar refractivity (Wildman–Crippen MR) is 74.9 cm³/mol. The smallest absolute Gasteiger partial charge is 0.255 e. The Kier molecular flexibility index (Phi) is 6.36. The fraction of sp³-hybridized carbons (Fsp3) is 0.429. The van der Waals surface area contributed by atoms with E-state index >= 15 is 0 Å². The maximum Gasteiger partial charge on any atom is 0.255 e. The van der Waals surface area contributed by atoms with E-state index in [0.29, 0.717) is 23.6 Å². The summed E-state index contributed by atoms with van der Waals surface area (Å²) in [5.41, 5.74) is 5.49. The fourth-order valence-electron chi connectivity index (χ4n) is 1.56. The monoisotopic (exact) mass is 280 g/mol. The zero-order chi connectivity index (χ0) is 15.0. The van der Waals surface area contributed by atoms with Crippen LogP contribution in [0.25, 0.3) is 0 Å². The predicted octanol–water partition coefficient (Wildman–Crippen LogP) is 1.09. The standard InChI is InChI=1S/C14H20N2O4/c1-3-4-7-16-14(18)10-5-6-11(12(8-10)19-2)20-9-13(15)17/h5-6,8H,3-4,7,9H2,1-2H3,(H2,15,17)(H,16,18). The van der Waals surface area contributed by atoms with Crippen LogP contribution in [0.1, 0.15) is 30.1 Å². The van der Waals surface area contributed by atoms with E-state index in [1.807, 2.05) is 0 Å². The van der Waals surface area contributed by atoms with Gasteiger partial charge in [-0.1, -0.05) is 13.3 Å². The number of amides is 2. The largest absolute Gasteiger partial charge is 0.493 e. The third-order valence-electron chi connectivity index (χ3n) is 2.61. The van der Waals surface area contributed by atoms with Crippen LogP contribution in [0, 0.1) is 0 Å². The Labute approximate surface area is 118 Å². The summed E-state index contributed by atoms with van der Waals surface area (Å²) in [6.07, 6.45) is 1.95. The summed E-state index contributed by atoms with van der Waals surface area (Å²) in [6.45, 7) is 2.45. The summed E-state index contributed by atoms with van der Waals surface area (Å²) in [4.78, 5) is 22.6. The van der Waals surface area contributed by atoms with E-state index in [-0.39, 0.29) is 12.5 Å². The number of nitrogens with two attached hydrogens (primary N) is 1. The highest BCUT2D eigenvalue weighted by atomic mass is 16.5. The van der Waals surface area contributed by atoms with Crippen LogP contribution in [0.3, 0.4) is 0 Å². The number of hydrogen-bond donors (Lipinski definition) is 2. The molecule has 20 heavy (non-hydrogen) atoms. The van der Waals surface area contributed by atoms with Crippen molar-refractivity contribution in [1.29, 1.82) is 0 Å². The number of methoxy groups -OCH3 is 1. The SMILES string of the molecule is CCCCNC(=O)c1ccc(OCC(N)=O)c(OC)c1. The second-order valence-electron chi connectivity index (χ2n) is 4.23. The average molecular weight is 280 g/mol. The third-order valence-corrected chi connectivity index (χ3v) is 2.61. The highest BCUT2D eigenvalue weighted by Gasteiger charge is 2.11. The molecule has 0 saturated heterocycles. The van der Waals surface area contributed by atoms with Gasteiger partial charge in [-0.05, 0) is 24.6 Å². The Bertz CT molecular complexity index is 474. The molecule has 0 saturated carbocycles. The minimum absolute atomic E-state index is 0.168. The van der Waals surface area contributed by atoms with Crippen molar-refractivity contribution in [2.75, 3.05) is 20.3 Å². The molecule has 6 heteroatoms. The van der Waals surface area contributed by atoms with E-state index < -0.39 is 5.91 Å². The van der Waals surface area contributed by atoms with Crippen molar-refractivity contribution in [3.8, 4) is 11.5 Å². The van der Waals surface area contributed by atoms with Crippen LogP contribution in [0.15, 0.2) is 18.2 Å². The Morgan fingerprint density at radius 1 is 1.30 bits per heavy atom. The number of nitrogens with one attached hydrogen (secondary N) is 1. The molecule has 0 aromatic heterocycles. The number of primary amides is 1. The van der Waals surface area contributed by atoms with Crippen LogP contribution < -0.4 is 20.5 Å². The lowest BCUT2D eigenvalue weighted by atomic mass is 10.2. The highest BCUT2D eigenvalue weighted by molar-refractivity contribution is 5.94. The molecule has 3 N–H and O–H groups in total. The first-order chi connectivity index (χ1) is 9.58. The van der Waals surface area contributed by atoms with Crippen molar-refractivity contribution in [2.24, 2.45) is 5.73 Å². The van der Waals surface area contributed by atoms with Gasteiger partial charge < -0.3 is 20.5 Å². The summed E-state index contributed by atoms with van der Waals surface area (Å²) in [5.74, 6) is 0.0115. The number of rotatable bonds is 8. The van der Waals surface area contributed by atoms with E-state index in [0.717, 1.165) is 12.8 Å². The van der Waals surface area contributed by atoms with Gasteiger partial charge in [0.1, 0.15) is 0 Å². The van der Waals surface area contributed by atoms with Crippen LogP contribution in [-0.4, -0.2) is 32.1 Å². The molecule has 0 atom stereocenters. The van der Waals surface area contributed by atoms with Crippen molar-refractivity contribution >= 4 is 11.8 Å². The van der Waals surface area contributed by atoms with Gasteiger partial charge in [-0.2, -0.15) is 0 Å². The molecule has 0 heterocycles. The number of carbonyl (C=O) groups excluding carboxylic acids is 2. The van der Waals surface area contributed by atoms with Gasteiger partial charge in [0.25, 0.3) is 11.8 Å². The highest BCUT2D eigenvalue weighted by Crippen LogP contribution is 2.27. The molecule has 0 aliphatic heterocycles. The zero-order valence-electron chi connectivity index (χ0n) is 11.8. The van der Waals surface area contributed by atoms with Crippen LogP contribution in [-0.2, 0) is 4.79 Å². The number of benzene rings is 1. The molecule has 110 valence electrons. The fourth-order valence-corrected chi connectivity index (χ4v) is 1.56. The van der Waals surface area contributed by atoms with Crippen LogP contribution in [0.5, 0.6) is 11.5 Å². The molecule has 0 radical (unpaired) electrons. The van der Waals surface area contributed by atoms with Crippen molar-refractivity contribution in [1.82, 2.24) is 5.32 Å². The molecule has 2 amide bonds. The van der Waals surface area contributed by atoms with Gasteiger partial charge in [-0.25, -0.2) is 0 Å². The molecule has 0 aliphatic rings. The lowest BCUT2D eigenvalue weighted by Crippen LogP contribution is -2.24. The molecule has 6 nitrogen and oxygen atoms in total. The summed E-state index contributed by atoms with van der Waals surface area (Å²) in [6, 6.07) is 4.76. The molecule has 0 fully saturated rings. The normalized spacial score (nSPS) is 9.90. The lowest BCUT2D eigenvalue weighted by Gasteiger charge is -2.11. The van der Waals surface area contributed by atoms with Crippen LogP contribution in [0.4, 0.5) is 0 Å². The molecule has 1 aromatic rings. The first kappa shape index (κ1) is 15.8. The molecule has 0 aliphatic carbocycles.